The second-order valence-electron chi connectivity index (χ2n) is 8.77. The topological polar surface area (TPSA) is 64.4 Å². The Labute approximate surface area is 186 Å². The lowest BCUT2D eigenvalue weighted by atomic mass is 10.0. The molecular weight excluding hydrogens is 414 g/mol. The molecule has 1 aliphatic heterocycles. The maximum Gasteiger partial charge on any atom is 0.410 e. The standard InChI is InChI=1S/C24H26ClN3O3/c1-24(2,3)31-23(30)27-15-8-7-14-19(27)21-26-18-13-9-12-17(25)20(18)22(29)28(21)16-10-5-4-6-11-16/h4-6,9-13,19H,7-8,14-15H2,1-3H3. The third kappa shape index (κ3) is 4.30. The summed E-state index contributed by atoms with van der Waals surface area (Å²) in [5.74, 6) is 0.525. The van der Waals surface area contributed by atoms with E-state index in [1.165, 1.54) is 0 Å². The summed E-state index contributed by atoms with van der Waals surface area (Å²) in [5.41, 5.74) is 0.357. The first-order valence-electron chi connectivity index (χ1n) is 10.5. The van der Waals surface area contributed by atoms with Crippen molar-refractivity contribution in [3.63, 3.8) is 0 Å². The molecule has 1 amide bonds. The third-order valence-electron chi connectivity index (χ3n) is 5.32. The van der Waals surface area contributed by atoms with Gasteiger partial charge < -0.3 is 4.74 Å². The first-order chi connectivity index (χ1) is 14.8. The molecule has 1 fully saturated rings. The minimum Gasteiger partial charge on any atom is -0.444 e. The van der Waals surface area contributed by atoms with Crippen LogP contribution in [0.3, 0.4) is 0 Å². The van der Waals surface area contributed by atoms with E-state index < -0.39 is 11.7 Å². The van der Waals surface area contributed by atoms with E-state index in [9.17, 15) is 9.59 Å². The second-order valence-corrected chi connectivity index (χ2v) is 9.17. The monoisotopic (exact) mass is 439 g/mol. The summed E-state index contributed by atoms with van der Waals surface area (Å²) >= 11 is 6.37. The minimum absolute atomic E-state index is 0.244. The molecule has 1 unspecified atom stereocenters. The van der Waals surface area contributed by atoms with Crippen LogP contribution in [0, 0.1) is 0 Å². The number of amides is 1. The van der Waals surface area contributed by atoms with Crippen LogP contribution in [0.15, 0.2) is 53.3 Å². The highest BCUT2D eigenvalue weighted by Crippen LogP contribution is 2.33. The highest BCUT2D eigenvalue weighted by atomic mass is 35.5. The molecule has 0 saturated carbocycles. The summed E-state index contributed by atoms with van der Waals surface area (Å²) < 4.78 is 7.25. The van der Waals surface area contributed by atoms with Crippen molar-refractivity contribution >= 4 is 28.6 Å². The number of benzene rings is 2. The molecule has 3 aromatic rings. The SMILES string of the molecule is CC(C)(C)OC(=O)N1CCCCC1c1nc2cccc(Cl)c2c(=O)n1-c1ccccc1. The molecule has 7 heteroatoms. The van der Waals surface area contributed by atoms with E-state index in [0.29, 0.717) is 40.4 Å². The predicted octanol–water partition coefficient (Wildman–Crippen LogP) is 5.50. The molecule has 4 rings (SSSR count). The van der Waals surface area contributed by atoms with Crippen LogP contribution in [0.25, 0.3) is 16.6 Å². The number of hydrogen-bond acceptors (Lipinski definition) is 4. The van der Waals surface area contributed by atoms with Crippen molar-refractivity contribution in [1.29, 1.82) is 0 Å². The minimum atomic E-state index is -0.609. The van der Waals surface area contributed by atoms with Gasteiger partial charge in [-0.05, 0) is 64.3 Å². The number of para-hydroxylation sites is 1. The van der Waals surface area contributed by atoms with Gasteiger partial charge in [0.25, 0.3) is 5.56 Å². The van der Waals surface area contributed by atoms with E-state index in [2.05, 4.69) is 0 Å². The van der Waals surface area contributed by atoms with Gasteiger partial charge in [0.15, 0.2) is 0 Å². The first-order valence-corrected chi connectivity index (χ1v) is 10.9. The molecule has 0 spiro atoms. The highest BCUT2D eigenvalue weighted by Gasteiger charge is 2.35. The van der Waals surface area contributed by atoms with E-state index in [1.807, 2.05) is 51.1 Å². The Hall–Kier alpha value is -2.86. The average molecular weight is 440 g/mol. The molecule has 1 atom stereocenters. The zero-order valence-electron chi connectivity index (χ0n) is 18.0. The maximum absolute atomic E-state index is 13.6. The fraction of sp³-hybridized carbons (Fsp3) is 0.375. The third-order valence-corrected chi connectivity index (χ3v) is 5.63. The van der Waals surface area contributed by atoms with Crippen LogP contribution in [0.1, 0.15) is 51.9 Å². The average Bonchev–Trinajstić information content (AvgIpc) is 2.73. The van der Waals surface area contributed by atoms with E-state index in [0.717, 1.165) is 12.8 Å². The van der Waals surface area contributed by atoms with Crippen molar-refractivity contribution in [2.45, 2.75) is 51.7 Å². The van der Waals surface area contributed by atoms with Crippen molar-refractivity contribution in [3.05, 3.63) is 69.7 Å². The summed E-state index contributed by atoms with van der Waals surface area (Å²) in [6.07, 6.45) is 2.12. The number of fused-ring (bicyclic) bond motifs is 1. The molecule has 1 aromatic heterocycles. The second kappa shape index (κ2) is 8.35. The lowest BCUT2D eigenvalue weighted by Crippen LogP contribution is -2.44. The van der Waals surface area contributed by atoms with Crippen LogP contribution in [0.2, 0.25) is 5.02 Å². The number of aromatic nitrogens is 2. The Kier molecular flexibility index (Phi) is 5.75. The largest absolute Gasteiger partial charge is 0.444 e. The summed E-state index contributed by atoms with van der Waals surface area (Å²) in [5, 5.41) is 0.732. The summed E-state index contributed by atoms with van der Waals surface area (Å²) in [4.78, 5) is 33.2. The molecule has 0 bridgehead atoms. The molecule has 6 nitrogen and oxygen atoms in total. The van der Waals surface area contributed by atoms with Crippen molar-refractivity contribution < 1.29 is 9.53 Å². The number of carbonyl (C=O) groups excluding carboxylic acids is 1. The number of nitrogens with zero attached hydrogens (tertiary/aromatic N) is 3. The van der Waals surface area contributed by atoms with E-state index in [-0.39, 0.29) is 11.6 Å². The number of rotatable bonds is 2. The van der Waals surface area contributed by atoms with Crippen molar-refractivity contribution in [2.75, 3.05) is 6.54 Å². The lowest BCUT2D eigenvalue weighted by Gasteiger charge is -2.37. The van der Waals surface area contributed by atoms with Crippen LogP contribution >= 0.6 is 11.6 Å². The van der Waals surface area contributed by atoms with E-state index in [4.69, 9.17) is 21.3 Å². The lowest BCUT2D eigenvalue weighted by molar-refractivity contribution is 0.00817. The fourth-order valence-electron chi connectivity index (χ4n) is 4.00. The molecule has 0 aliphatic carbocycles. The van der Waals surface area contributed by atoms with Gasteiger partial charge in [-0.1, -0.05) is 35.9 Å². The van der Waals surface area contributed by atoms with Gasteiger partial charge in [0.05, 0.1) is 27.7 Å². The molecule has 2 heterocycles. The molecular formula is C24H26ClN3O3. The summed E-state index contributed by atoms with van der Waals surface area (Å²) in [6.45, 7) is 6.10. The molecule has 1 aliphatic rings. The van der Waals surface area contributed by atoms with Gasteiger partial charge >= 0.3 is 6.09 Å². The number of halogens is 1. The van der Waals surface area contributed by atoms with Gasteiger partial charge in [-0.2, -0.15) is 0 Å². The van der Waals surface area contributed by atoms with Crippen LogP contribution in [-0.4, -0.2) is 32.7 Å². The Balaban J connectivity index is 1.93. The van der Waals surface area contributed by atoms with Gasteiger partial charge in [-0.15, -0.1) is 0 Å². The van der Waals surface area contributed by atoms with Crippen LogP contribution < -0.4 is 5.56 Å². The van der Waals surface area contributed by atoms with Crippen molar-refractivity contribution in [3.8, 4) is 5.69 Å². The van der Waals surface area contributed by atoms with Gasteiger partial charge in [0.2, 0.25) is 0 Å². The molecule has 162 valence electrons. The summed E-state index contributed by atoms with van der Waals surface area (Å²) in [6, 6.07) is 14.2. The van der Waals surface area contributed by atoms with E-state index >= 15 is 0 Å². The van der Waals surface area contributed by atoms with Gasteiger partial charge in [-0.3, -0.25) is 14.3 Å². The maximum atomic E-state index is 13.6. The predicted molar refractivity (Wildman–Crippen MR) is 122 cm³/mol. The fourth-order valence-corrected chi connectivity index (χ4v) is 4.25. The van der Waals surface area contributed by atoms with Gasteiger partial charge in [-0.25, -0.2) is 9.78 Å². The van der Waals surface area contributed by atoms with Crippen LogP contribution in [0.4, 0.5) is 4.79 Å². The van der Waals surface area contributed by atoms with Crippen LogP contribution in [-0.2, 0) is 4.74 Å². The van der Waals surface area contributed by atoms with E-state index in [1.54, 1.807) is 27.7 Å². The zero-order chi connectivity index (χ0) is 22.2. The van der Waals surface area contributed by atoms with Crippen molar-refractivity contribution in [1.82, 2.24) is 14.5 Å². The number of carbonyl (C=O) groups is 1. The van der Waals surface area contributed by atoms with Crippen molar-refractivity contribution in [2.24, 2.45) is 0 Å². The van der Waals surface area contributed by atoms with Gasteiger partial charge in [0.1, 0.15) is 11.4 Å². The Morgan fingerprint density at radius 2 is 1.84 bits per heavy atom. The molecule has 31 heavy (non-hydrogen) atoms. The molecule has 0 N–H and O–H groups in total. The number of likely N-dealkylation sites (tertiary alicyclic amines) is 1. The first kappa shape index (κ1) is 21.4. The Morgan fingerprint density at radius 1 is 1.10 bits per heavy atom. The number of piperidine rings is 1. The highest BCUT2D eigenvalue weighted by molar-refractivity contribution is 6.35. The molecule has 0 radical (unpaired) electrons. The van der Waals surface area contributed by atoms with Gasteiger partial charge in [0, 0.05) is 6.54 Å². The molecule has 1 saturated heterocycles. The zero-order valence-corrected chi connectivity index (χ0v) is 18.7. The van der Waals surface area contributed by atoms with Crippen LogP contribution in [0.5, 0.6) is 0 Å². The number of hydrogen-bond donors (Lipinski definition) is 0. The summed E-state index contributed by atoms with van der Waals surface area (Å²) in [7, 11) is 0. The Morgan fingerprint density at radius 3 is 2.55 bits per heavy atom. The molecule has 2 aromatic carbocycles. The smallest absolute Gasteiger partial charge is 0.410 e. The Bertz CT molecular complexity index is 1170. The normalized spacial score (nSPS) is 17.0. The number of ether oxygens (including phenoxy) is 1. The quantitative estimate of drug-likeness (QED) is 0.528.